The number of carboxylic acids is 1. The Morgan fingerprint density at radius 2 is 2.15 bits per heavy atom. The van der Waals surface area contributed by atoms with Crippen LogP contribution in [0.1, 0.15) is 31.0 Å². The summed E-state index contributed by atoms with van der Waals surface area (Å²) in [4.78, 5) is 10.6. The lowest BCUT2D eigenvalue weighted by molar-refractivity contribution is -0.133. The summed E-state index contributed by atoms with van der Waals surface area (Å²) in [6.45, 7) is 0.508. The average molecular weight is 319 g/mol. The highest BCUT2D eigenvalue weighted by Gasteiger charge is 2.30. The molecule has 2 rings (SSSR count). The van der Waals surface area contributed by atoms with Gasteiger partial charge in [0.25, 0.3) is 0 Å². The number of thioether (sulfide) groups is 1. The second kappa shape index (κ2) is 6.13. The van der Waals surface area contributed by atoms with Gasteiger partial charge in [0.15, 0.2) is 5.16 Å². The van der Waals surface area contributed by atoms with Crippen molar-refractivity contribution >= 4 is 27.6 Å². The van der Waals surface area contributed by atoms with Crippen LogP contribution in [0.3, 0.4) is 0 Å². The quantitative estimate of drug-likeness (QED) is 0.706. The van der Waals surface area contributed by atoms with Crippen LogP contribution in [0.15, 0.2) is 5.16 Å². The zero-order chi connectivity index (χ0) is 14.8. The standard InChI is InChI=1S/C11H17N3O4S2/c1-20(17,18)6-2-5-14-10(8-3-4-8)12-13-11(14)19-7-9(15)16/h8H,2-7H2,1H3,(H,15,16). The Bertz CT molecular complexity index is 593. The van der Waals surface area contributed by atoms with Gasteiger partial charge in [0.1, 0.15) is 15.7 Å². The van der Waals surface area contributed by atoms with E-state index in [1.165, 1.54) is 6.26 Å². The largest absolute Gasteiger partial charge is 0.481 e. The predicted molar refractivity (Wildman–Crippen MR) is 74.7 cm³/mol. The van der Waals surface area contributed by atoms with E-state index in [-0.39, 0.29) is 11.5 Å². The number of hydrogen-bond donors (Lipinski definition) is 1. The first kappa shape index (κ1) is 15.3. The number of rotatable bonds is 8. The fourth-order valence-electron chi connectivity index (χ4n) is 1.87. The van der Waals surface area contributed by atoms with E-state index in [0.29, 0.717) is 24.0 Å². The Labute approximate surface area is 121 Å². The number of aliphatic carboxylic acids is 1. The van der Waals surface area contributed by atoms with Crippen molar-refractivity contribution < 1.29 is 18.3 Å². The smallest absolute Gasteiger partial charge is 0.313 e. The Morgan fingerprint density at radius 3 is 2.70 bits per heavy atom. The lowest BCUT2D eigenvalue weighted by Crippen LogP contribution is -2.11. The summed E-state index contributed by atoms with van der Waals surface area (Å²) < 4.78 is 24.2. The molecule has 0 saturated heterocycles. The Hall–Kier alpha value is -1.09. The molecule has 0 amide bonds. The molecule has 0 aliphatic heterocycles. The molecule has 112 valence electrons. The summed E-state index contributed by atoms with van der Waals surface area (Å²) in [6, 6.07) is 0. The summed E-state index contributed by atoms with van der Waals surface area (Å²) in [7, 11) is -2.99. The normalized spacial score (nSPS) is 15.4. The molecule has 1 N–H and O–H groups in total. The molecule has 1 aliphatic rings. The predicted octanol–water partition coefficient (Wildman–Crippen LogP) is 0.767. The minimum absolute atomic E-state index is 0.0745. The SMILES string of the molecule is CS(=O)(=O)CCCn1c(SCC(=O)O)nnc1C1CC1. The summed E-state index contributed by atoms with van der Waals surface area (Å²) in [6.07, 6.45) is 3.82. The third kappa shape index (κ3) is 4.48. The number of aromatic nitrogens is 3. The first-order chi connectivity index (χ1) is 9.37. The number of carbonyl (C=O) groups is 1. The van der Waals surface area contributed by atoms with E-state index in [9.17, 15) is 13.2 Å². The van der Waals surface area contributed by atoms with Crippen LogP contribution in [0.25, 0.3) is 0 Å². The maximum Gasteiger partial charge on any atom is 0.313 e. The fraction of sp³-hybridized carbons (Fsp3) is 0.727. The summed E-state index contributed by atoms with van der Waals surface area (Å²) in [5.74, 6) is 0.368. The topological polar surface area (TPSA) is 102 Å². The number of nitrogens with zero attached hydrogens (tertiary/aromatic N) is 3. The zero-order valence-corrected chi connectivity index (χ0v) is 12.8. The Morgan fingerprint density at radius 1 is 1.45 bits per heavy atom. The van der Waals surface area contributed by atoms with Gasteiger partial charge in [0.2, 0.25) is 0 Å². The highest BCUT2D eigenvalue weighted by Crippen LogP contribution is 2.40. The van der Waals surface area contributed by atoms with Crippen molar-refractivity contribution in [1.29, 1.82) is 0 Å². The van der Waals surface area contributed by atoms with Crippen molar-refractivity contribution in [2.24, 2.45) is 0 Å². The summed E-state index contributed by atoms with van der Waals surface area (Å²) in [5, 5.41) is 17.4. The van der Waals surface area contributed by atoms with Crippen LogP contribution in [0.2, 0.25) is 0 Å². The third-order valence-electron chi connectivity index (χ3n) is 2.91. The molecule has 0 atom stereocenters. The fourth-order valence-corrected chi connectivity index (χ4v) is 3.22. The summed E-state index contributed by atoms with van der Waals surface area (Å²) in [5.41, 5.74) is 0. The molecule has 1 aromatic heterocycles. The van der Waals surface area contributed by atoms with Crippen LogP contribution in [0, 0.1) is 0 Å². The molecule has 0 radical (unpaired) electrons. The van der Waals surface area contributed by atoms with Gasteiger partial charge >= 0.3 is 5.97 Å². The molecular weight excluding hydrogens is 302 g/mol. The van der Waals surface area contributed by atoms with Crippen molar-refractivity contribution in [3.8, 4) is 0 Å². The van der Waals surface area contributed by atoms with Crippen LogP contribution in [0.4, 0.5) is 0 Å². The number of hydrogen-bond acceptors (Lipinski definition) is 6. The van der Waals surface area contributed by atoms with Crippen LogP contribution < -0.4 is 0 Å². The molecule has 1 aliphatic carbocycles. The number of sulfone groups is 1. The second-order valence-corrected chi connectivity index (χ2v) is 8.13. The number of carboxylic acid groups (broad SMARTS) is 1. The highest BCUT2D eigenvalue weighted by atomic mass is 32.2. The van der Waals surface area contributed by atoms with Gasteiger partial charge in [0.05, 0.1) is 11.5 Å². The van der Waals surface area contributed by atoms with Gasteiger partial charge in [-0.1, -0.05) is 11.8 Å². The van der Waals surface area contributed by atoms with E-state index >= 15 is 0 Å². The molecule has 1 fully saturated rings. The lowest BCUT2D eigenvalue weighted by atomic mass is 10.4. The van der Waals surface area contributed by atoms with Crippen LogP contribution in [-0.4, -0.2) is 52.0 Å². The second-order valence-electron chi connectivity index (χ2n) is 4.93. The van der Waals surface area contributed by atoms with Crippen molar-refractivity contribution in [2.45, 2.75) is 36.9 Å². The van der Waals surface area contributed by atoms with Crippen molar-refractivity contribution in [2.75, 3.05) is 17.8 Å². The Kier molecular flexibility index (Phi) is 4.69. The zero-order valence-electron chi connectivity index (χ0n) is 11.2. The van der Waals surface area contributed by atoms with Gasteiger partial charge in [-0.25, -0.2) is 8.42 Å². The third-order valence-corrected chi connectivity index (χ3v) is 4.89. The van der Waals surface area contributed by atoms with Crippen LogP contribution >= 0.6 is 11.8 Å². The molecule has 0 aromatic carbocycles. The van der Waals surface area contributed by atoms with Gasteiger partial charge in [-0.2, -0.15) is 0 Å². The van der Waals surface area contributed by atoms with E-state index in [2.05, 4.69) is 10.2 Å². The molecule has 0 unspecified atom stereocenters. The molecule has 1 saturated carbocycles. The first-order valence-electron chi connectivity index (χ1n) is 6.32. The molecule has 1 heterocycles. The van der Waals surface area contributed by atoms with Gasteiger partial charge in [-0.3, -0.25) is 4.79 Å². The maximum absolute atomic E-state index is 11.2. The molecular formula is C11H17N3O4S2. The first-order valence-corrected chi connectivity index (χ1v) is 9.37. The van der Waals surface area contributed by atoms with Crippen LogP contribution in [0.5, 0.6) is 0 Å². The van der Waals surface area contributed by atoms with E-state index in [1.54, 1.807) is 0 Å². The maximum atomic E-state index is 11.2. The molecule has 0 spiro atoms. The van der Waals surface area contributed by atoms with Crippen molar-refractivity contribution in [3.05, 3.63) is 5.82 Å². The monoisotopic (exact) mass is 319 g/mol. The Balaban J connectivity index is 2.06. The molecule has 0 bridgehead atoms. The van der Waals surface area contributed by atoms with E-state index in [0.717, 1.165) is 30.4 Å². The van der Waals surface area contributed by atoms with Crippen molar-refractivity contribution in [3.63, 3.8) is 0 Å². The van der Waals surface area contributed by atoms with E-state index in [1.807, 2.05) is 4.57 Å². The van der Waals surface area contributed by atoms with Crippen molar-refractivity contribution in [1.82, 2.24) is 14.8 Å². The van der Waals surface area contributed by atoms with Gasteiger partial charge in [-0.05, 0) is 19.3 Å². The lowest BCUT2D eigenvalue weighted by Gasteiger charge is -2.08. The molecule has 9 heteroatoms. The highest BCUT2D eigenvalue weighted by molar-refractivity contribution is 7.99. The van der Waals surface area contributed by atoms with E-state index < -0.39 is 15.8 Å². The minimum Gasteiger partial charge on any atom is -0.481 e. The average Bonchev–Trinajstić information content (AvgIpc) is 3.08. The van der Waals surface area contributed by atoms with Crippen LogP contribution in [-0.2, 0) is 21.2 Å². The van der Waals surface area contributed by atoms with Gasteiger partial charge < -0.3 is 9.67 Å². The van der Waals surface area contributed by atoms with E-state index in [4.69, 9.17) is 5.11 Å². The molecule has 20 heavy (non-hydrogen) atoms. The summed E-state index contributed by atoms with van der Waals surface area (Å²) >= 11 is 1.12. The molecule has 7 nitrogen and oxygen atoms in total. The molecule has 1 aromatic rings. The minimum atomic E-state index is -2.99. The van der Waals surface area contributed by atoms with Gasteiger partial charge in [-0.15, -0.1) is 10.2 Å². The van der Waals surface area contributed by atoms with Gasteiger partial charge in [0, 0.05) is 18.7 Å².